The molecule has 1 aromatic heterocycles. The minimum Gasteiger partial charge on any atom is -0.444 e. The Labute approximate surface area is 214 Å². The van der Waals surface area contributed by atoms with Gasteiger partial charge in [-0.2, -0.15) is 13.2 Å². The predicted molar refractivity (Wildman–Crippen MR) is 122 cm³/mol. The average Bonchev–Trinajstić information content (AvgIpc) is 3.21. The Morgan fingerprint density at radius 2 is 1.79 bits per heavy atom. The molecule has 3 rings (SSSR count). The van der Waals surface area contributed by atoms with E-state index in [0.717, 1.165) is 4.57 Å². The maximum atomic E-state index is 14.4. The SMILES string of the molecule is C=CC[C@H]1c2nnc(C(F)(F)F)n2CCN1C(=O)C[C@@H](Cc1cc(F)c(F)cc1F)NC(=O)OC(C)(C)C. The van der Waals surface area contributed by atoms with Gasteiger partial charge in [0.2, 0.25) is 11.7 Å². The lowest BCUT2D eigenvalue weighted by Crippen LogP contribution is -2.47. The molecule has 8 nitrogen and oxygen atoms in total. The highest BCUT2D eigenvalue weighted by Gasteiger charge is 2.42. The van der Waals surface area contributed by atoms with Crippen LogP contribution in [0.25, 0.3) is 0 Å². The highest BCUT2D eigenvalue weighted by Crippen LogP contribution is 2.34. The van der Waals surface area contributed by atoms with Crippen LogP contribution in [0, 0.1) is 17.5 Å². The number of benzene rings is 1. The monoisotopic (exact) mass is 547 g/mol. The molecular weight excluding hydrogens is 520 g/mol. The van der Waals surface area contributed by atoms with Gasteiger partial charge >= 0.3 is 12.3 Å². The van der Waals surface area contributed by atoms with Crippen molar-refractivity contribution in [1.82, 2.24) is 25.0 Å². The van der Waals surface area contributed by atoms with Crippen LogP contribution in [0.15, 0.2) is 24.8 Å². The zero-order valence-electron chi connectivity index (χ0n) is 20.9. The Morgan fingerprint density at radius 1 is 1.13 bits per heavy atom. The van der Waals surface area contributed by atoms with E-state index in [2.05, 4.69) is 22.1 Å². The topological polar surface area (TPSA) is 89.4 Å². The number of aromatic nitrogens is 3. The molecule has 2 amide bonds. The Kier molecular flexibility index (Phi) is 8.42. The molecule has 1 aromatic carbocycles. The van der Waals surface area contributed by atoms with E-state index in [1.807, 2.05) is 0 Å². The summed E-state index contributed by atoms with van der Waals surface area (Å²) in [7, 11) is 0. The first-order valence-corrected chi connectivity index (χ1v) is 11.6. The van der Waals surface area contributed by atoms with E-state index in [9.17, 15) is 35.9 Å². The van der Waals surface area contributed by atoms with Crippen LogP contribution in [0.5, 0.6) is 0 Å². The normalized spacial score (nSPS) is 16.6. The molecule has 0 saturated heterocycles. The van der Waals surface area contributed by atoms with Crippen LogP contribution in [-0.4, -0.2) is 49.9 Å². The quantitative estimate of drug-likeness (QED) is 0.309. The maximum absolute atomic E-state index is 14.4. The van der Waals surface area contributed by atoms with Gasteiger partial charge in [0.05, 0.1) is 6.04 Å². The van der Waals surface area contributed by atoms with Crippen molar-refractivity contribution < 1.29 is 40.7 Å². The smallest absolute Gasteiger partial charge is 0.444 e. The number of rotatable bonds is 7. The fraction of sp³-hybridized carbons (Fsp3) is 0.500. The summed E-state index contributed by atoms with van der Waals surface area (Å²) in [5.41, 5.74) is -1.21. The summed E-state index contributed by atoms with van der Waals surface area (Å²) >= 11 is 0. The van der Waals surface area contributed by atoms with Crippen molar-refractivity contribution in [1.29, 1.82) is 0 Å². The van der Waals surface area contributed by atoms with Gasteiger partial charge < -0.3 is 19.5 Å². The van der Waals surface area contributed by atoms with E-state index >= 15 is 0 Å². The zero-order chi connectivity index (χ0) is 28.4. The Morgan fingerprint density at radius 3 is 2.39 bits per heavy atom. The number of alkyl halides is 3. The van der Waals surface area contributed by atoms with E-state index in [1.54, 1.807) is 20.8 Å². The summed E-state index contributed by atoms with van der Waals surface area (Å²) in [5, 5.41) is 9.35. The van der Waals surface area contributed by atoms with Gasteiger partial charge in [0.15, 0.2) is 17.5 Å². The van der Waals surface area contributed by atoms with E-state index in [0.29, 0.717) is 12.1 Å². The third kappa shape index (κ3) is 6.84. The van der Waals surface area contributed by atoms with Gasteiger partial charge in [-0.05, 0) is 45.2 Å². The fourth-order valence-electron chi connectivity index (χ4n) is 4.15. The van der Waals surface area contributed by atoms with E-state index in [4.69, 9.17) is 4.74 Å². The van der Waals surface area contributed by atoms with Crippen molar-refractivity contribution in [2.45, 2.75) is 70.4 Å². The van der Waals surface area contributed by atoms with E-state index in [1.165, 1.54) is 11.0 Å². The molecule has 208 valence electrons. The minimum absolute atomic E-state index is 0.0592. The van der Waals surface area contributed by atoms with Crippen LogP contribution >= 0.6 is 0 Å². The van der Waals surface area contributed by atoms with Crippen molar-refractivity contribution in [2.75, 3.05) is 6.54 Å². The number of hydrogen-bond acceptors (Lipinski definition) is 5. The van der Waals surface area contributed by atoms with E-state index in [-0.39, 0.29) is 30.9 Å². The van der Waals surface area contributed by atoms with Crippen LogP contribution < -0.4 is 5.32 Å². The standard InChI is InChI=1S/C24H27F6N5O3/c1-5-6-18-20-32-33-21(24(28,29)30)35(20)8-7-34(18)19(36)11-14(31-22(37)38-23(2,3)4)9-13-10-16(26)17(27)12-15(13)25/h5,10,12,14,18H,1,6-9,11H2,2-4H3,(H,31,37)/t14-,18+/m1/s1. The Balaban J connectivity index is 1.87. The zero-order valence-corrected chi connectivity index (χ0v) is 20.9. The molecule has 1 N–H and O–H groups in total. The van der Waals surface area contributed by atoms with Gasteiger partial charge in [-0.3, -0.25) is 4.79 Å². The summed E-state index contributed by atoms with van der Waals surface area (Å²) in [6.07, 6.45) is -5.06. The number of carbonyl (C=O) groups is 2. The summed E-state index contributed by atoms with van der Waals surface area (Å²) in [6.45, 7) is 8.01. The molecule has 1 aliphatic rings. The third-order valence-corrected chi connectivity index (χ3v) is 5.68. The lowest BCUT2D eigenvalue weighted by Gasteiger charge is -2.36. The fourth-order valence-corrected chi connectivity index (χ4v) is 4.15. The second kappa shape index (κ2) is 11.0. The molecule has 0 radical (unpaired) electrons. The number of amides is 2. The molecule has 1 aliphatic heterocycles. The number of hydrogen-bond donors (Lipinski definition) is 1. The Hall–Kier alpha value is -3.58. The van der Waals surface area contributed by atoms with Gasteiger partial charge in [0.25, 0.3) is 0 Å². The minimum atomic E-state index is -4.74. The third-order valence-electron chi connectivity index (χ3n) is 5.68. The molecule has 0 bridgehead atoms. The first-order chi connectivity index (χ1) is 17.6. The van der Waals surface area contributed by atoms with Crippen LogP contribution in [0.3, 0.4) is 0 Å². The van der Waals surface area contributed by atoms with Gasteiger partial charge in [-0.25, -0.2) is 18.0 Å². The molecule has 0 spiro atoms. The predicted octanol–water partition coefficient (Wildman–Crippen LogP) is 4.70. The van der Waals surface area contributed by atoms with Crippen LogP contribution in [-0.2, 0) is 28.7 Å². The summed E-state index contributed by atoms with van der Waals surface area (Å²) in [5.74, 6) is -5.68. The van der Waals surface area contributed by atoms with Crippen molar-refractivity contribution in [3.63, 3.8) is 0 Å². The number of halogens is 6. The molecular formula is C24H27F6N5O3. The Bertz CT molecular complexity index is 1210. The molecule has 2 atom stereocenters. The molecule has 14 heteroatoms. The molecule has 38 heavy (non-hydrogen) atoms. The van der Waals surface area contributed by atoms with Gasteiger partial charge in [0.1, 0.15) is 11.4 Å². The van der Waals surface area contributed by atoms with Crippen LogP contribution in [0.4, 0.5) is 31.1 Å². The lowest BCUT2D eigenvalue weighted by molar-refractivity contribution is -0.148. The highest BCUT2D eigenvalue weighted by atomic mass is 19.4. The van der Waals surface area contributed by atoms with Crippen molar-refractivity contribution in [2.24, 2.45) is 0 Å². The summed E-state index contributed by atoms with van der Waals surface area (Å²) in [4.78, 5) is 27.1. The van der Waals surface area contributed by atoms with Gasteiger partial charge in [0, 0.05) is 31.6 Å². The van der Waals surface area contributed by atoms with Gasteiger partial charge in [-0.1, -0.05) is 6.08 Å². The summed E-state index contributed by atoms with van der Waals surface area (Å²) in [6, 6.07) is -1.08. The molecule has 0 saturated carbocycles. The van der Waals surface area contributed by atoms with Gasteiger partial charge in [-0.15, -0.1) is 16.8 Å². The molecule has 2 heterocycles. The number of carbonyl (C=O) groups excluding carboxylic acids is 2. The van der Waals surface area contributed by atoms with E-state index < -0.39 is 72.0 Å². The second-order valence-corrected chi connectivity index (χ2v) is 9.77. The molecule has 0 unspecified atom stereocenters. The van der Waals surface area contributed by atoms with Crippen molar-refractivity contribution in [3.8, 4) is 0 Å². The molecule has 0 aliphatic carbocycles. The first kappa shape index (κ1) is 29.0. The largest absolute Gasteiger partial charge is 0.451 e. The van der Waals surface area contributed by atoms with Crippen molar-refractivity contribution >= 4 is 12.0 Å². The van der Waals surface area contributed by atoms with Crippen LogP contribution in [0.1, 0.15) is 56.9 Å². The number of ether oxygens (including phenoxy) is 1. The maximum Gasteiger partial charge on any atom is 0.451 e. The highest BCUT2D eigenvalue weighted by molar-refractivity contribution is 5.78. The number of alkyl carbamates (subject to hydrolysis) is 1. The number of nitrogens with one attached hydrogen (secondary N) is 1. The lowest BCUT2D eigenvalue weighted by atomic mass is 10.0. The number of nitrogens with zero attached hydrogens (tertiary/aromatic N) is 4. The number of fused-ring (bicyclic) bond motifs is 1. The second-order valence-electron chi connectivity index (χ2n) is 9.77. The first-order valence-electron chi connectivity index (χ1n) is 11.6. The summed E-state index contributed by atoms with van der Waals surface area (Å²) < 4.78 is 87.6. The molecule has 2 aromatic rings. The van der Waals surface area contributed by atoms with Crippen molar-refractivity contribution in [3.05, 3.63) is 59.5 Å². The van der Waals surface area contributed by atoms with Crippen LogP contribution in [0.2, 0.25) is 0 Å². The molecule has 0 fully saturated rings. The average molecular weight is 548 g/mol.